The highest BCUT2D eigenvalue weighted by Crippen LogP contribution is 2.20. The van der Waals surface area contributed by atoms with Gasteiger partial charge in [0.2, 0.25) is 5.95 Å². The minimum atomic E-state index is -2.45. The highest BCUT2D eigenvalue weighted by Gasteiger charge is 2.39. The van der Waals surface area contributed by atoms with Gasteiger partial charge in [-0.15, -0.1) is 0 Å². The lowest BCUT2D eigenvalue weighted by Crippen LogP contribution is -2.45. The van der Waals surface area contributed by atoms with E-state index in [1.165, 1.54) is 19.3 Å². The predicted octanol–water partition coefficient (Wildman–Crippen LogP) is 2.64. The van der Waals surface area contributed by atoms with E-state index < -0.39 is 8.80 Å². The Labute approximate surface area is 146 Å². The molecule has 0 spiro atoms. The molecule has 140 valence electrons. The molecule has 0 saturated heterocycles. The summed E-state index contributed by atoms with van der Waals surface area (Å²) in [4.78, 5) is 0. The van der Waals surface area contributed by atoms with Gasteiger partial charge in [-0.05, 0) is 44.0 Å². The number of nitrogens with zero attached hydrogens (tertiary/aromatic N) is 4. The van der Waals surface area contributed by atoms with Gasteiger partial charge in [0.15, 0.2) is 0 Å². The molecule has 1 aromatic rings. The molecule has 0 radical (unpaired) electrons. The molecule has 1 rings (SSSR count). The molecule has 1 heterocycles. The Balaban J connectivity index is 2.13. The molecule has 0 saturated carbocycles. The number of rotatable bonds is 15. The molecular formula is C15H33N5O3Si. The van der Waals surface area contributed by atoms with Crippen LogP contribution in [-0.2, 0) is 19.8 Å². The fraction of sp³-hybridized carbons (Fsp3) is 0.933. The van der Waals surface area contributed by atoms with Gasteiger partial charge in [-0.25, -0.2) is 4.68 Å². The topological polar surface area (TPSA) is 97.3 Å². The smallest absolute Gasteiger partial charge is 0.374 e. The van der Waals surface area contributed by atoms with Crippen molar-refractivity contribution in [1.82, 2.24) is 20.2 Å². The first-order valence-electron chi connectivity index (χ1n) is 9.11. The van der Waals surface area contributed by atoms with Gasteiger partial charge >= 0.3 is 8.80 Å². The fourth-order valence-corrected chi connectivity index (χ4v) is 5.37. The molecule has 1 aromatic heterocycles. The van der Waals surface area contributed by atoms with Crippen LogP contribution in [0.1, 0.15) is 59.3 Å². The number of hydrogen-bond acceptors (Lipinski definition) is 7. The molecule has 24 heavy (non-hydrogen) atoms. The van der Waals surface area contributed by atoms with Crippen LogP contribution in [0.5, 0.6) is 0 Å². The van der Waals surface area contributed by atoms with Crippen LogP contribution in [0, 0.1) is 0 Å². The van der Waals surface area contributed by atoms with Gasteiger partial charge in [0.1, 0.15) is 0 Å². The monoisotopic (exact) mass is 359 g/mol. The summed E-state index contributed by atoms with van der Waals surface area (Å²) >= 11 is 0. The maximum Gasteiger partial charge on any atom is 0.500 e. The molecule has 8 nitrogen and oxygen atoms in total. The summed E-state index contributed by atoms with van der Waals surface area (Å²) in [6.45, 7) is 8.71. The van der Waals surface area contributed by atoms with Gasteiger partial charge in [-0.2, -0.15) is 0 Å². The summed E-state index contributed by atoms with van der Waals surface area (Å²) in [5, 5.41) is 11.0. The standard InChI is InChI=1S/C15H33N5O3Si/c1-4-21-24(22-5-2,23-6-3)14-12-10-8-7-9-11-13-20-15(16)17-18-19-20/h4-14H2,1-3H3,(H2,16,17,19). The van der Waals surface area contributed by atoms with Crippen molar-refractivity contribution in [2.45, 2.75) is 71.9 Å². The molecule has 0 unspecified atom stereocenters. The number of nitrogens with two attached hydrogens (primary N) is 1. The summed E-state index contributed by atoms with van der Waals surface area (Å²) in [5.41, 5.74) is 5.63. The van der Waals surface area contributed by atoms with Crippen molar-refractivity contribution in [3.63, 3.8) is 0 Å². The maximum absolute atomic E-state index is 5.87. The third-order valence-electron chi connectivity index (χ3n) is 3.76. The molecule has 0 bridgehead atoms. The zero-order valence-electron chi connectivity index (χ0n) is 15.4. The van der Waals surface area contributed by atoms with E-state index in [0.717, 1.165) is 31.9 Å². The molecule has 9 heteroatoms. The quantitative estimate of drug-likeness (QED) is 0.380. The third-order valence-corrected chi connectivity index (χ3v) is 6.91. The van der Waals surface area contributed by atoms with Crippen molar-refractivity contribution in [3.05, 3.63) is 0 Å². The summed E-state index contributed by atoms with van der Waals surface area (Å²) in [6, 6.07) is 0.906. The second-order valence-electron chi connectivity index (χ2n) is 5.61. The Morgan fingerprint density at radius 1 is 0.875 bits per heavy atom. The van der Waals surface area contributed by atoms with Gasteiger partial charge < -0.3 is 19.0 Å². The summed E-state index contributed by atoms with van der Waals surface area (Å²) in [5.74, 6) is 0.388. The minimum absolute atomic E-state index is 0.388. The van der Waals surface area contributed by atoms with E-state index in [9.17, 15) is 0 Å². The predicted molar refractivity (Wildman–Crippen MR) is 95.4 cm³/mol. The zero-order valence-corrected chi connectivity index (χ0v) is 16.4. The normalized spacial score (nSPS) is 12.0. The lowest BCUT2D eigenvalue weighted by Gasteiger charge is -2.28. The Bertz CT molecular complexity index is 416. The number of hydrogen-bond donors (Lipinski definition) is 1. The average molecular weight is 360 g/mol. The molecule has 0 aliphatic heterocycles. The first-order valence-corrected chi connectivity index (χ1v) is 11.0. The van der Waals surface area contributed by atoms with Gasteiger partial charge in [0, 0.05) is 32.4 Å². The number of anilines is 1. The maximum atomic E-state index is 5.87. The molecule has 0 fully saturated rings. The van der Waals surface area contributed by atoms with Crippen LogP contribution in [0.2, 0.25) is 6.04 Å². The van der Waals surface area contributed by atoms with Crippen LogP contribution in [0.15, 0.2) is 0 Å². The van der Waals surface area contributed by atoms with E-state index in [0.29, 0.717) is 25.8 Å². The Hall–Kier alpha value is -1.03. The Morgan fingerprint density at radius 2 is 1.42 bits per heavy atom. The third kappa shape index (κ3) is 7.69. The van der Waals surface area contributed by atoms with E-state index in [1.54, 1.807) is 4.68 Å². The van der Waals surface area contributed by atoms with Crippen molar-refractivity contribution in [1.29, 1.82) is 0 Å². The number of aryl methyl sites for hydroxylation is 1. The van der Waals surface area contributed by atoms with E-state index in [-0.39, 0.29) is 0 Å². The molecule has 0 aromatic carbocycles. The van der Waals surface area contributed by atoms with Crippen LogP contribution in [0.4, 0.5) is 5.95 Å². The summed E-state index contributed by atoms with van der Waals surface area (Å²) in [6.07, 6.45) is 6.88. The molecule has 2 N–H and O–H groups in total. The van der Waals surface area contributed by atoms with E-state index in [2.05, 4.69) is 15.5 Å². The van der Waals surface area contributed by atoms with Crippen molar-refractivity contribution >= 4 is 14.8 Å². The van der Waals surface area contributed by atoms with Crippen LogP contribution >= 0.6 is 0 Å². The molecule has 0 aliphatic rings. The highest BCUT2D eigenvalue weighted by molar-refractivity contribution is 6.60. The van der Waals surface area contributed by atoms with Crippen molar-refractivity contribution in [2.24, 2.45) is 0 Å². The summed E-state index contributed by atoms with van der Waals surface area (Å²) < 4.78 is 19.3. The first kappa shape index (κ1) is 21.0. The van der Waals surface area contributed by atoms with Crippen LogP contribution in [0.3, 0.4) is 0 Å². The Morgan fingerprint density at radius 3 is 1.92 bits per heavy atom. The van der Waals surface area contributed by atoms with Crippen LogP contribution in [0.25, 0.3) is 0 Å². The zero-order chi connectivity index (χ0) is 17.7. The lowest BCUT2D eigenvalue weighted by atomic mass is 10.1. The second-order valence-corrected chi connectivity index (χ2v) is 8.35. The lowest BCUT2D eigenvalue weighted by molar-refractivity contribution is 0.0706. The molecule has 0 atom stereocenters. The number of aromatic nitrogens is 4. The van der Waals surface area contributed by atoms with E-state index in [4.69, 9.17) is 19.0 Å². The van der Waals surface area contributed by atoms with Gasteiger partial charge in [-0.1, -0.05) is 30.8 Å². The van der Waals surface area contributed by atoms with E-state index in [1.807, 2.05) is 20.8 Å². The molecular weight excluding hydrogens is 326 g/mol. The van der Waals surface area contributed by atoms with Gasteiger partial charge in [-0.3, -0.25) is 0 Å². The number of unbranched alkanes of at least 4 members (excludes halogenated alkanes) is 5. The van der Waals surface area contributed by atoms with Crippen molar-refractivity contribution in [2.75, 3.05) is 25.6 Å². The van der Waals surface area contributed by atoms with Gasteiger partial charge in [0.25, 0.3) is 0 Å². The molecule has 0 amide bonds. The number of tetrazole rings is 1. The first-order chi connectivity index (χ1) is 11.7. The Kier molecular flexibility index (Phi) is 10.8. The minimum Gasteiger partial charge on any atom is -0.374 e. The molecule has 0 aliphatic carbocycles. The average Bonchev–Trinajstić information content (AvgIpc) is 2.96. The van der Waals surface area contributed by atoms with Crippen molar-refractivity contribution < 1.29 is 13.3 Å². The SMILES string of the molecule is CCO[Si](CCCCCCCCn1nnnc1N)(OCC)OCC. The number of nitrogen functional groups attached to an aromatic ring is 1. The van der Waals surface area contributed by atoms with Crippen molar-refractivity contribution in [3.8, 4) is 0 Å². The van der Waals surface area contributed by atoms with E-state index >= 15 is 0 Å². The summed E-state index contributed by atoms with van der Waals surface area (Å²) in [7, 11) is -2.45. The van der Waals surface area contributed by atoms with Crippen LogP contribution < -0.4 is 5.73 Å². The largest absolute Gasteiger partial charge is 0.500 e. The fourth-order valence-electron chi connectivity index (χ4n) is 2.68. The highest BCUT2D eigenvalue weighted by atomic mass is 28.4. The van der Waals surface area contributed by atoms with Crippen LogP contribution in [-0.4, -0.2) is 48.8 Å². The van der Waals surface area contributed by atoms with Gasteiger partial charge in [0.05, 0.1) is 0 Å². The second kappa shape index (κ2) is 12.3.